The van der Waals surface area contributed by atoms with E-state index in [0.29, 0.717) is 0 Å². The van der Waals surface area contributed by atoms with Crippen molar-refractivity contribution in [2.45, 2.75) is 32.5 Å². The average molecular weight is 120 g/mol. The molecule has 0 saturated heterocycles. The zero-order chi connectivity index (χ0) is 4.99. The molecule has 1 nitrogen and oxygen atoms in total. The lowest BCUT2D eigenvalue weighted by atomic mass is 10.6. The van der Waals surface area contributed by atoms with Crippen molar-refractivity contribution >= 4 is 8.80 Å². The molecule has 0 atom stereocenters. The van der Waals surface area contributed by atoms with E-state index in [0.717, 1.165) is 0 Å². The van der Waals surface area contributed by atoms with Crippen LogP contribution in [0.4, 0.5) is 0 Å². The zero-order valence-electron chi connectivity index (χ0n) is 5.49. The molecule has 0 aromatic carbocycles. The first kappa shape index (κ1) is 10.2. The van der Waals surface area contributed by atoms with Gasteiger partial charge in [0.25, 0.3) is 0 Å². The SMILES string of the molecule is CCC[SiH](C)C.O. The molecule has 46 valence electrons. The van der Waals surface area contributed by atoms with Crippen LogP contribution in [0.2, 0.25) is 19.1 Å². The molecule has 0 saturated carbocycles. The highest BCUT2D eigenvalue weighted by molar-refractivity contribution is 6.55. The van der Waals surface area contributed by atoms with Gasteiger partial charge in [0.2, 0.25) is 0 Å². The molecule has 2 N–H and O–H groups in total. The Labute approximate surface area is 47.7 Å². The first-order chi connectivity index (χ1) is 2.77. The van der Waals surface area contributed by atoms with Gasteiger partial charge in [-0.15, -0.1) is 0 Å². The second kappa shape index (κ2) is 6.18. The van der Waals surface area contributed by atoms with E-state index in [9.17, 15) is 0 Å². The molecule has 0 aliphatic carbocycles. The summed E-state index contributed by atoms with van der Waals surface area (Å²) < 4.78 is 0. The molecule has 0 bridgehead atoms. The monoisotopic (exact) mass is 120 g/mol. The van der Waals surface area contributed by atoms with E-state index < -0.39 is 0 Å². The molecule has 2 heteroatoms. The molecule has 0 amide bonds. The van der Waals surface area contributed by atoms with E-state index in [1.807, 2.05) is 0 Å². The molecule has 0 spiro atoms. The summed E-state index contributed by atoms with van der Waals surface area (Å²) in [6, 6.07) is 1.51. The summed E-state index contributed by atoms with van der Waals surface area (Å²) >= 11 is 0. The molecule has 0 heterocycles. The van der Waals surface area contributed by atoms with Gasteiger partial charge in [-0.25, -0.2) is 0 Å². The Balaban J connectivity index is 0. The van der Waals surface area contributed by atoms with Gasteiger partial charge in [-0.3, -0.25) is 0 Å². The van der Waals surface area contributed by atoms with E-state index in [1.54, 1.807) is 0 Å². The van der Waals surface area contributed by atoms with Gasteiger partial charge >= 0.3 is 0 Å². The van der Waals surface area contributed by atoms with Gasteiger partial charge in [-0.1, -0.05) is 32.5 Å². The van der Waals surface area contributed by atoms with Crippen LogP contribution in [0.3, 0.4) is 0 Å². The minimum atomic E-state index is -0.171. The molecular formula is C5H16OSi. The van der Waals surface area contributed by atoms with Gasteiger partial charge in [-0.2, -0.15) is 0 Å². The van der Waals surface area contributed by atoms with Crippen molar-refractivity contribution in [2.24, 2.45) is 0 Å². The van der Waals surface area contributed by atoms with Crippen LogP contribution >= 0.6 is 0 Å². The van der Waals surface area contributed by atoms with Crippen molar-refractivity contribution in [3.8, 4) is 0 Å². The lowest BCUT2D eigenvalue weighted by molar-refractivity contribution is 0.824. The molecule has 7 heavy (non-hydrogen) atoms. The van der Waals surface area contributed by atoms with Crippen LogP contribution in [0.1, 0.15) is 13.3 Å². The van der Waals surface area contributed by atoms with Gasteiger partial charge in [0.1, 0.15) is 0 Å². The Bertz CT molecular complexity index is 29.3. The third kappa shape index (κ3) is 10.7. The second-order valence-electron chi connectivity index (χ2n) is 2.18. The van der Waals surface area contributed by atoms with E-state index in [2.05, 4.69) is 20.0 Å². The van der Waals surface area contributed by atoms with Gasteiger partial charge < -0.3 is 5.48 Å². The van der Waals surface area contributed by atoms with Crippen molar-refractivity contribution in [2.75, 3.05) is 0 Å². The zero-order valence-corrected chi connectivity index (χ0v) is 6.65. The van der Waals surface area contributed by atoms with E-state index in [-0.39, 0.29) is 14.3 Å². The molecule has 0 radical (unpaired) electrons. The number of hydrogen-bond acceptors (Lipinski definition) is 0. The molecule has 0 unspecified atom stereocenters. The highest BCUT2D eigenvalue weighted by Crippen LogP contribution is 1.92. The Morgan fingerprint density at radius 1 is 1.29 bits per heavy atom. The van der Waals surface area contributed by atoms with Crippen molar-refractivity contribution in [1.82, 2.24) is 0 Å². The normalized spacial score (nSPS) is 8.57. The van der Waals surface area contributed by atoms with Gasteiger partial charge in [0.05, 0.1) is 0 Å². The summed E-state index contributed by atoms with van der Waals surface area (Å²) in [5.74, 6) is 0. The summed E-state index contributed by atoms with van der Waals surface area (Å²) in [5.41, 5.74) is 0. The topological polar surface area (TPSA) is 31.5 Å². The summed E-state index contributed by atoms with van der Waals surface area (Å²) in [7, 11) is -0.171. The number of rotatable bonds is 2. The molecule has 0 aromatic rings. The molecule has 0 aromatic heterocycles. The quantitative estimate of drug-likeness (QED) is 0.488. The summed E-state index contributed by atoms with van der Waals surface area (Å²) in [6.45, 7) is 7.04. The fraction of sp³-hybridized carbons (Fsp3) is 1.00. The summed E-state index contributed by atoms with van der Waals surface area (Å²) in [5, 5.41) is 0. The van der Waals surface area contributed by atoms with Gasteiger partial charge in [0, 0.05) is 8.80 Å². The lowest BCUT2D eigenvalue weighted by Gasteiger charge is -1.93. The third-order valence-electron chi connectivity index (χ3n) is 0.866. The van der Waals surface area contributed by atoms with Crippen molar-refractivity contribution < 1.29 is 5.48 Å². The first-order valence-corrected chi connectivity index (χ1v) is 5.90. The van der Waals surface area contributed by atoms with Crippen LogP contribution in [0.15, 0.2) is 0 Å². The second-order valence-corrected chi connectivity index (χ2v) is 5.55. The predicted molar refractivity (Wildman–Crippen MR) is 37.6 cm³/mol. The molecule has 0 fully saturated rings. The lowest BCUT2D eigenvalue weighted by Crippen LogP contribution is -1.95. The number of hydrogen-bond donors (Lipinski definition) is 0. The Kier molecular flexibility index (Phi) is 9.02. The largest absolute Gasteiger partial charge is 0.412 e. The maximum atomic E-state index is 2.39. The third-order valence-corrected chi connectivity index (χ3v) is 2.60. The van der Waals surface area contributed by atoms with Crippen molar-refractivity contribution in [3.63, 3.8) is 0 Å². The first-order valence-electron chi connectivity index (χ1n) is 2.77. The molecule has 0 aliphatic rings. The minimum Gasteiger partial charge on any atom is -0.412 e. The summed E-state index contributed by atoms with van der Waals surface area (Å²) in [6.07, 6.45) is 1.39. The van der Waals surface area contributed by atoms with Crippen molar-refractivity contribution in [3.05, 3.63) is 0 Å². The maximum Gasteiger partial charge on any atom is 0.0305 e. The maximum absolute atomic E-state index is 2.39. The van der Waals surface area contributed by atoms with Gasteiger partial charge in [0.15, 0.2) is 0 Å². The van der Waals surface area contributed by atoms with Crippen LogP contribution in [-0.2, 0) is 0 Å². The highest BCUT2D eigenvalue weighted by Gasteiger charge is 1.88. The van der Waals surface area contributed by atoms with Crippen LogP contribution < -0.4 is 0 Å². The summed E-state index contributed by atoms with van der Waals surface area (Å²) in [4.78, 5) is 0. The standard InChI is InChI=1S/C5H14Si.H2O/c1-4-5-6(2)3;/h6H,4-5H2,1-3H3;1H2. The molecule has 0 aliphatic heterocycles. The molecular weight excluding hydrogens is 104 g/mol. The predicted octanol–water partition coefficient (Wildman–Crippen LogP) is 1.06. The van der Waals surface area contributed by atoms with E-state index >= 15 is 0 Å². The fourth-order valence-electron chi connectivity index (χ4n) is 0.577. The fourth-order valence-corrected chi connectivity index (χ4v) is 1.73. The smallest absolute Gasteiger partial charge is 0.0305 e. The Morgan fingerprint density at radius 3 is 1.71 bits per heavy atom. The Morgan fingerprint density at radius 2 is 1.71 bits per heavy atom. The van der Waals surface area contributed by atoms with Gasteiger partial charge in [-0.05, 0) is 0 Å². The van der Waals surface area contributed by atoms with Crippen LogP contribution in [0.25, 0.3) is 0 Å². The van der Waals surface area contributed by atoms with Crippen LogP contribution in [0, 0.1) is 0 Å². The van der Waals surface area contributed by atoms with E-state index in [1.165, 1.54) is 12.5 Å². The highest BCUT2D eigenvalue weighted by atomic mass is 28.3. The minimum absolute atomic E-state index is 0. The van der Waals surface area contributed by atoms with Crippen LogP contribution in [0.5, 0.6) is 0 Å². The van der Waals surface area contributed by atoms with E-state index in [4.69, 9.17) is 0 Å². The Hall–Kier alpha value is 0.177. The average Bonchev–Trinajstić information content (AvgIpc) is 1.35. The molecule has 0 rings (SSSR count). The van der Waals surface area contributed by atoms with Crippen molar-refractivity contribution in [1.29, 1.82) is 0 Å². The van der Waals surface area contributed by atoms with Crippen LogP contribution in [-0.4, -0.2) is 14.3 Å².